The molecule has 0 saturated heterocycles. The van der Waals surface area contributed by atoms with Gasteiger partial charge in [0.05, 0.1) is 21.7 Å². The zero-order chi connectivity index (χ0) is 90.3. The molecule has 4 aliphatic carbocycles. The molecule has 0 bridgehead atoms. The molecule has 1 atom stereocenters. The topological polar surface area (TPSA) is 43.4 Å². The molecule has 22 aromatic rings. The molecule has 4 spiro atoms. The third-order valence-corrected chi connectivity index (χ3v) is 31.3. The van der Waals surface area contributed by atoms with Crippen LogP contribution in [0.4, 0.5) is 34.1 Å². The van der Waals surface area contributed by atoms with E-state index < -0.39 is 21.7 Å². The number of benzene rings is 22. The molecule has 0 saturated carbocycles. The summed E-state index contributed by atoms with van der Waals surface area (Å²) in [7, 11) is 0. The van der Waals surface area contributed by atoms with E-state index in [4.69, 9.17) is 18.9 Å². The molecule has 6 nitrogen and oxygen atoms in total. The van der Waals surface area contributed by atoms with Crippen molar-refractivity contribution in [3.63, 3.8) is 0 Å². The summed E-state index contributed by atoms with van der Waals surface area (Å²) in [6.45, 7) is 0. The minimum Gasteiger partial charge on any atom is -0.457 e. The van der Waals surface area contributed by atoms with Gasteiger partial charge in [0.2, 0.25) is 0 Å². The molecule has 30 rings (SSSR count). The van der Waals surface area contributed by atoms with Crippen LogP contribution < -0.4 is 28.7 Å². The van der Waals surface area contributed by atoms with Gasteiger partial charge in [0.15, 0.2) is 0 Å². The van der Waals surface area contributed by atoms with Crippen LogP contribution in [0.25, 0.3) is 99.4 Å². The van der Waals surface area contributed by atoms with E-state index in [1.807, 2.05) is 0 Å². The normalized spacial score (nSPS) is 15.1. The Morgan fingerprint density at radius 1 is 0.145 bits per heavy atom. The van der Waals surface area contributed by atoms with E-state index in [9.17, 15) is 0 Å². The van der Waals surface area contributed by atoms with Gasteiger partial charge < -0.3 is 28.7 Å². The monoisotopic (exact) mass is 1760 g/mol. The summed E-state index contributed by atoms with van der Waals surface area (Å²) in [6, 6.07) is 180. The van der Waals surface area contributed by atoms with Crippen LogP contribution in [0.3, 0.4) is 0 Å². The second kappa shape index (κ2) is 28.8. The van der Waals surface area contributed by atoms with E-state index in [2.05, 4.69) is 495 Å². The predicted octanol–water partition coefficient (Wildman–Crippen LogP) is 33.8. The molecule has 0 amide bonds. The van der Waals surface area contributed by atoms with Gasteiger partial charge in [0.1, 0.15) is 46.0 Å². The van der Waals surface area contributed by atoms with E-state index in [-0.39, 0.29) is 0 Å². The zero-order valence-electron chi connectivity index (χ0n) is 74.7. The van der Waals surface area contributed by atoms with Crippen molar-refractivity contribution < 1.29 is 18.9 Å². The Hall–Kier alpha value is -17.8. The van der Waals surface area contributed by atoms with Crippen molar-refractivity contribution in [2.45, 2.75) is 21.7 Å². The van der Waals surface area contributed by atoms with Crippen LogP contribution in [0.2, 0.25) is 0 Å². The zero-order valence-corrected chi connectivity index (χ0v) is 74.7. The Bertz CT molecular complexity index is 8870. The van der Waals surface area contributed by atoms with Crippen molar-refractivity contribution >= 4 is 55.7 Å². The SMILES string of the molecule is c1ccc(-c2ccc(N(c3ccc4c(c3)C3(c5ccccc5Oc5ccccc53)c3ccccc3-4)c3ccc4c5c(ccc4c3)-c3ccccc3C53c4ccccc4Oc4c(-c5ccc6c(c5)-c5ccc(N(c7ccc(-c8ccccc8)cc7)c7ccc8ccc9c(c8c7)C7(c8ccccc8Oc8ccccc87)c7ccccc7-9)cc5C65c6ccccc6Oc6ccccc65)cccc43)cc2)cc1. The van der Waals surface area contributed by atoms with Gasteiger partial charge in [0.25, 0.3) is 0 Å². The fraction of sp³-hybridized carbons (Fsp3) is 0.0303. The molecule has 6 heteroatoms. The lowest BCUT2D eigenvalue weighted by atomic mass is 9.64. The molecule has 0 fully saturated rings. The Morgan fingerprint density at radius 2 is 0.442 bits per heavy atom. The molecular formula is C132H80N2O4. The van der Waals surface area contributed by atoms with Crippen LogP contribution in [0.5, 0.6) is 46.0 Å². The fourth-order valence-electron chi connectivity index (χ4n) is 25.9. The number of para-hydroxylation sites is 8. The quantitative estimate of drug-likeness (QED) is 0.143. The Kier molecular flexibility index (Phi) is 16.0. The first-order valence-corrected chi connectivity index (χ1v) is 47.7. The number of hydrogen-bond acceptors (Lipinski definition) is 6. The Balaban J connectivity index is 0.601. The van der Waals surface area contributed by atoms with Crippen LogP contribution >= 0.6 is 0 Å². The first-order chi connectivity index (χ1) is 68.4. The van der Waals surface area contributed by atoms with Gasteiger partial charge in [-0.1, -0.05) is 364 Å². The third-order valence-electron chi connectivity index (χ3n) is 31.3. The summed E-state index contributed by atoms with van der Waals surface area (Å²) < 4.78 is 28.7. The van der Waals surface area contributed by atoms with Crippen LogP contribution in [-0.4, -0.2) is 0 Å². The highest BCUT2D eigenvalue weighted by molar-refractivity contribution is 6.07. The lowest BCUT2D eigenvalue weighted by Crippen LogP contribution is -2.32. The lowest BCUT2D eigenvalue weighted by molar-refractivity contribution is 0.436. The van der Waals surface area contributed by atoms with Crippen molar-refractivity contribution in [3.8, 4) is 124 Å². The maximum atomic E-state index is 7.75. The van der Waals surface area contributed by atoms with Gasteiger partial charge in [-0.2, -0.15) is 0 Å². The molecule has 4 aliphatic heterocycles. The average molecular weight is 1760 g/mol. The van der Waals surface area contributed by atoms with Gasteiger partial charge in [-0.25, -0.2) is 0 Å². The molecule has 138 heavy (non-hydrogen) atoms. The van der Waals surface area contributed by atoms with E-state index in [0.717, 1.165) is 185 Å². The second-order valence-electron chi connectivity index (χ2n) is 37.7. The summed E-state index contributed by atoms with van der Waals surface area (Å²) in [4.78, 5) is 4.96. The van der Waals surface area contributed by atoms with E-state index in [1.54, 1.807) is 0 Å². The van der Waals surface area contributed by atoms with Gasteiger partial charge >= 0.3 is 0 Å². The minimum absolute atomic E-state index is 0.677. The highest BCUT2D eigenvalue weighted by Crippen LogP contribution is 2.70. The van der Waals surface area contributed by atoms with Crippen molar-refractivity contribution in [3.05, 3.63) is 574 Å². The first-order valence-electron chi connectivity index (χ1n) is 47.7. The summed E-state index contributed by atoms with van der Waals surface area (Å²) in [5, 5.41) is 4.59. The maximum absolute atomic E-state index is 7.75. The smallest absolute Gasteiger partial charge is 0.140 e. The Morgan fingerprint density at radius 3 is 0.920 bits per heavy atom. The fourth-order valence-corrected chi connectivity index (χ4v) is 25.9. The van der Waals surface area contributed by atoms with Crippen molar-refractivity contribution in [2.24, 2.45) is 0 Å². The average Bonchev–Trinajstić information content (AvgIpc) is 1.52. The summed E-state index contributed by atoms with van der Waals surface area (Å²) in [6.07, 6.45) is 0. The summed E-state index contributed by atoms with van der Waals surface area (Å²) in [5.41, 5.74) is 37.8. The first kappa shape index (κ1) is 76.7. The Labute approximate surface area is 798 Å². The molecular weight excluding hydrogens is 1680 g/mol. The van der Waals surface area contributed by atoms with Gasteiger partial charge in [-0.05, 0) is 260 Å². The number of rotatable bonds is 9. The van der Waals surface area contributed by atoms with Crippen LogP contribution in [0.15, 0.2) is 485 Å². The number of fused-ring (bicyclic) bond motifs is 40. The van der Waals surface area contributed by atoms with Gasteiger partial charge in [-0.3, -0.25) is 0 Å². The minimum atomic E-state index is -0.862. The molecule has 8 aliphatic rings. The molecule has 0 aromatic heterocycles. The standard InChI is InChI=1S/C132H80N2O4/c1-3-28-81(29-4-1)83-54-62-88(63-55-83)133(92-68-73-99-96-32-7-10-36-105(96)129(117(99)79-92)109-39-13-20-47-119(109)135-120-48-21-14-40-110(120)129)90-67-72-94-86(76-90)60-71-101-97-33-9-12-38-107(97)132(126(94)101)115-45-19-26-53-125(115)138-128-95(35-27-46-116(128)132)87-61-75-108-104(77-87)100-74-69-93(80-118(100)130(108)111-41-15-22-49-121(111)136-122-50-23-16-42-112(122)130)134(89-64-56-84(57-65-89)82-30-5-2-6-31-82)91-66-58-85-59-70-102-98-34-8-11-37-106(98)131(127(102)103(85)78-91)113-43-17-24-51-123(113)137-124-52-25-18-44-114(124)131/h1-80H. The number of ether oxygens (including phenoxy) is 4. The van der Waals surface area contributed by atoms with Crippen LogP contribution in [0.1, 0.15) is 89.0 Å². The van der Waals surface area contributed by atoms with Crippen LogP contribution in [0, 0.1) is 0 Å². The number of hydrogen-bond donors (Lipinski definition) is 0. The highest BCUT2D eigenvalue weighted by Gasteiger charge is 2.57. The van der Waals surface area contributed by atoms with Gasteiger partial charge in [-0.15, -0.1) is 0 Å². The van der Waals surface area contributed by atoms with E-state index in [1.165, 1.54) is 83.3 Å². The van der Waals surface area contributed by atoms with Crippen molar-refractivity contribution in [1.82, 2.24) is 0 Å². The summed E-state index contributed by atoms with van der Waals surface area (Å²) in [5.74, 6) is 6.72. The van der Waals surface area contributed by atoms with Crippen LogP contribution in [-0.2, 0) is 21.7 Å². The predicted molar refractivity (Wildman–Crippen MR) is 557 cm³/mol. The maximum Gasteiger partial charge on any atom is 0.140 e. The van der Waals surface area contributed by atoms with Crippen molar-refractivity contribution in [2.75, 3.05) is 9.80 Å². The van der Waals surface area contributed by atoms with E-state index >= 15 is 0 Å². The summed E-state index contributed by atoms with van der Waals surface area (Å²) >= 11 is 0. The third kappa shape index (κ3) is 10.3. The molecule has 0 N–H and O–H groups in total. The number of anilines is 6. The van der Waals surface area contributed by atoms with Gasteiger partial charge in [0, 0.05) is 84.2 Å². The molecule has 0 radical (unpaired) electrons. The molecule has 22 aromatic carbocycles. The van der Waals surface area contributed by atoms with E-state index in [0.29, 0.717) is 0 Å². The second-order valence-corrected chi connectivity index (χ2v) is 37.7. The molecule has 1 unspecified atom stereocenters. The highest BCUT2D eigenvalue weighted by atomic mass is 16.5. The lowest BCUT2D eigenvalue weighted by Gasteiger charge is -2.40. The molecule has 642 valence electrons. The van der Waals surface area contributed by atoms with Crippen molar-refractivity contribution in [1.29, 1.82) is 0 Å². The largest absolute Gasteiger partial charge is 0.457 e. The number of nitrogens with zero attached hydrogens (tertiary/aromatic N) is 2. The molecule has 4 heterocycles.